The Hall–Kier alpha value is -1.81. The summed E-state index contributed by atoms with van der Waals surface area (Å²) in [5, 5.41) is 11.7. The summed E-state index contributed by atoms with van der Waals surface area (Å²) in [4.78, 5) is 0. The van der Waals surface area contributed by atoms with Gasteiger partial charge >= 0.3 is 0 Å². The molecule has 1 heteroatoms. The van der Waals surface area contributed by atoms with Crippen LogP contribution in [0.3, 0.4) is 0 Å². The number of hydrogen-bond donors (Lipinski definition) is 0. The van der Waals surface area contributed by atoms with Crippen LogP contribution < -0.4 is 0 Å². The van der Waals surface area contributed by atoms with E-state index in [2.05, 4.69) is 49.4 Å². The standard InChI is InChI=1S/C16H15N/c1-12-2-4-15-9-13(3-5-14(15)8-12)10-16(11-17)6-7-16/h2-5,8-9H,6-7,10H2,1H3. The molecule has 0 bridgehead atoms. The molecule has 0 heterocycles. The highest BCUT2D eigenvalue weighted by Gasteiger charge is 2.42. The first-order valence-electron chi connectivity index (χ1n) is 6.11. The average molecular weight is 221 g/mol. The van der Waals surface area contributed by atoms with Crippen LogP contribution in [-0.2, 0) is 6.42 Å². The molecule has 1 aliphatic carbocycles. The minimum Gasteiger partial charge on any atom is -0.198 e. The van der Waals surface area contributed by atoms with E-state index in [0.29, 0.717) is 0 Å². The second-order valence-electron chi connectivity index (χ2n) is 5.25. The Bertz CT molecular complexity index is 615. The molecule has 0 spiro atoms. The van der Waals surface area contributed by atoms with Crippen LogP contribution in [-0.4, -0.2) is 0 Å². The van der Waals surface area contributed by atoms with Crippen LogP contribution in [0.25, 0.3) is 10.8 Å². The van der Waals surface area contributed by atoms with Crippen molar-refractivity contribution in [2.24, 2.45) is 5.41 Å². The average Bonchev–Trinajstić information content (AvgIpc) is 3.10. The third kappa shape index (κ3) is 1.91. The van der Waals surface area contributed by atoms with Gasteiger partial charge in [0, 0.05) is 0 Å². The van der Waals surface area contributed by atoms with Gasteiger partial charge in [-0.3, -0.25) is 0 Å². The lowest BCUT2D eigenvalue weighted by molar-refractivity contribution is 0.665. The van der Waals surface area contributed by atoms with Crippen LogP contribution in [0.1, 0.15) is 24.0 Å². The first-order chi connectivity index (χ1) is 8.21. The molecular formula is C16H15N. The quantitative estimate of drug-likeness (QED) is 0.752. The fourth-order valence-electron chi connectivity index (χ4n) is 2.39. The fraction of sp³-hybridized carbons (Fsp3) is 0.312. The minimum absolute atomic E-state index is 0.0433. The third-order valence-corrected chi connectivity index (χ3v) is 3.69. The molecule has 0 atom stereocenters. The lowest BCUT2D eigenvalue weighted by Crippen LogP contribution is -2.01. The van der Waals surface area contributed by atoms with Gasteiger partial charge in [-0.2, -0.15) is 5.26 Å². The van der Waals surface area contributed by atoms with Gasteiger partial charge in [0.1, 0.15) is 0 Å². The molecule has 0 aliphatic heterocycles. The second-order valence-corrected chi connectivity index (χ2v) is 5.25. The van der Waals surface area contributed by atoms with E-state index in [0.717, 1.165) is 19.3 Å². The van der Waals surface area contributed by atoms with E-state index < -0.39 is 0 Å². The lowest BCUT2D eigenvalue weighted by atomic mass is 9.96. The Balaban J connectivity index is 1.97. The predicted molar refractivity (Wildman–Crippen MR) is 69.7 cm³/mol. The SMILES string of the molecule is Cc1ccc2cc(CC3(C#N)CC3)ccc2c1. The molecule has 2 aromatic carbocycles. The number of hydrogen-bond acceptors (Lipinski definition) is 1. The molecule has 0 unspecified atom stereocenters. The Labute approximate surface area is 102 Å². The highest BCUT2D eigenvalue weighted by molar-refractivity contribution is 5.83. The van der Waals surface area contributed by atoms with Gasteiger partial charge in [-0.25, -0.2) is 0 Å². The summed E-state index contributed by atoms with van der Waals surface area (Å²) >= 11 is 0. The zero-order valence-electron chi connectivity index (χ0n) is 10.0. The first-order valence-corrected chi connectivity index (χ1v) is 6.11. The Kier molecular flexibility index (Phi) is 2.19. The molecule has 0 N–H and O–H groups in total. The van der Waals surface area contributed by atoms with Crippen molar-refractivity contribution in [1.29, 1.82) is 5.26 Å². The summed E-state index contributed by atoms with van der Waals surface area (Å²) in [5.74, 6) is 0. The van der Waals surface area contributed by atoms with Crippen molar-refractivity contribution < 1.29 is 0 Å². The van der Waals surface area contributed by atoms with Crippen LogP contribution in [0.5, 0.6) is 0 Å². The van der Waals surface area contributed by atoms with E-state index in [1.807, 2.05) is 0 Å². The zero-order chi connectivity index (χ0) is 11.9. The Morgan fingerprint density at radius 3 is 2.53 bits per heavy atom. The van der Waals surface area contributed by atoms with Gasteiger partial charge in [-0.05, 0) is 42.5 Å². The largest absolute Gasteiger partial charge is 0.198 e. The van der Waals surface area contributed by atoms with E-state index in [1.54, 1.807) is 0 Å². The normalized spacial score (nSPS) is 16.7. The van der Waals surface area contributed by atoms with E-state index in [4.69, 9.17) is 5.26 Å². The zero-order valence-corrected chi connectivity index (χ0v) is 10.0. The van der Waals surface area contributed by atoms with Crippen molar-refractivity contribution in [3.05, 3.63) is 47.5 Å². The molecule has 1 aliphatic rings. The highest BCUT2D eigenvalue weighted by Crippen LogP contribution is 2.47. The maximum Gasteiger partial charge on any atom is 0.0693 e. The summed E-state index contributed by atoms with van der Waals surface area (Å²) in [7, 11) is 0. The third-order valence-electron chi connectivity index (χ3n) is 3.69. The molecule has 0 amide bonds. The molecule has 3 rings (SSSR count). The van der Waals surface area contributed by atoms with E-state index in [9.17, 15) is 0 Å². The summed E-state index contributed by atoms with van der Waals surface area (Å²) < 4.78 is 0. The smallest absolute Gasteiger partial charge is 0.0693 e. The molecular weight excluding hydrogens is 206 g/mol. The molecule has 1 fully saturated rings. The van der Waals surface area contributed by atoms with Crippen molar-refractivity contribution in [3.8, 4) is 6.07 Å². The van der Waals surface area contributed by atoms with Gasteiger partial charge in [0.15, 0.2) is 0 Å². The summed E-state index contributed by atoms with van der Waals surface area (Å²) in [6, 6.07) is 15.5. The van der Waals surface area contributed by atoms with Gasteiger partial charge in [0.25, 0.3) is 0 Å². The number of nitrogens with zero attached hydrogens (tertiary/aromatic N) is 1. The van der Waals surface area contributed by atoms with Crippen molar-refractivity contribution >= 4 is 10.8 Å². The van der Waals surface area contributed by atoms with Crippen molar-refractivity contribution in [2.75, 3.05) is 0 Å². The van der Waals surface area contributed by atoms with Gasteiger partial charge < -0.3 is 0 Å². The number of benzene rings is 2. The highest BCUT2D eigenvalue weighted by atomic mass is 14.5. The Morgan fingerprint density at radius 1 is 1.12 bits per heavy atom. The van der Waals surface area contributed by atoms with Crippen LogP contribution in [0.4, 0.5) is 0 Å². The molecule has 17 heavy (non-hydrogen) atoms. The number of aryl methyl sites for hydroxylation is 1. The second kappa shape index (κ2) is 3.60. The van der Waals surface area contributed by atoms with Gasteiger partial charge in [0.05, 0.1) is 11.5 Å². The Morgan fingerprint density at radius 2 is 1.82 bits per heavy atom. The monoisotopic (exact) mass is 221 g/mol. The van der Waals surface area contributed by atoms with Crippen molar-refractivity contribution in [3.63, 3.8) is 0 Å². The summed E-state index contributed by atoms with van der Waals surface area (Å²) in [6.45, 7) is 2.11. The van der Waals surface area contributed by atoms with Crippen LogP contribution >= 0.6 is 0 Å². The molecule has 1 nitrogen and oxygen atoms in total. The number of fused-ring (bicyclic) bond motifs is 1. The molecule has 0 aromatic heterocycles. The van der Waals surface area contributed by atoms with Gasteiger partial charge in [0.2, 0.25) is 0 Å². The molecule has 1 saturated carbocycles. The number of nitriles is 1. The molecule has 84 valence electrons. The minimum atomic E-state index is -0.0433. The van der Waals surface area contributed by atoms with Crippen molar-refractivity contribution in [1.82, 2.24) is 0 Å². The van der Waals surface area contributed by atoms with Gasteiger partial charge in [-0.1, -0.05) is 42.0 Å². The maximum absolute atomic E-state index is 9.12. The fourth-order valence-corrected chi connectivity index (χ4v) is 2.39. The van der Waals surface area contributed by atoms with Crippen molar-refractivity contribution in [2.45, 2.75) is 26.2 Å². The molecule has 2 aromatic rings. The van der Waals surface area contributed by atoms with Crippen LogP contribution in [0, 0.1) is 23.7 Å². The van der Waals surface area contributed by atoms with E-state index in [1.165, 1.54) is 21.9 Å². The lowest BCUT2D eigenvalue weighted by Gasteiger charge is -2.07. The number of rotatable bonds is 2. The first kappa shape index (κ1) is 10.4. The van der Waals surface area contributed by atoms with E-state index >= 15 is 0 Å². The van der Waals surface area contributed by atoms with Crippen LogP contribution in [0.2, 0.25) is 0 Å². The van der Waals surface area contributed by atoms with E-state index in [-0.39, 0.29) is 5.41 Å². The topological polar surface area (TPSA) is 23.8 Å². The summed E-state index contributed by atoms with van der Waals surface area (Å²) in [6.07, 6.45) is 3.04. The van der Waals surface area contributed by atoms with Gasteiger partial charge in [-0.15, -0.1) is 0 Å². The maximum atomic E-state index is 9.12. The predicted octanol–water partition coefficient (Wildman–Crippen LogP) is 3.99. The molecule has 0 radical (unpaired) electrons. The van der Waals surface area contributed by atoms with Crippen LogP contribution in [0.15, 0.2) is 36.4 Å². The molecule has 0 saturated heterocycles. The summed E-state index contributed by atoms with van der Waals surface area (Å²) in [5.41, 5.74) is 2.54.